The lowest BCUT2D eigenvalue weighted by atomic mass is 10.0. The van der Waals surface area contributed by atoms with Crippen LogP contribution in [-0.2, 0) is 13.7 Å². The number of hydrogen-bond donors (Lipinski definition) is 0. The van der Waals surface area contributed by atoms with Gasteiger partial charge in [-0.05, 0) is 49.3 Å². The van der Waals surface area contributed by atoms with Crippen molar-refractivity contribution in [3.8, 4) is 17.1 Å². The zero-order valence-electron chi connectivity index (χ0n) is 17.7. The van der Waals surface area contributed by atoms with Gasteiger partial charge in [0.05, 0.1) is 35.6 Å². The third kappa shape index (κ3) is 3.79. The Kier molecular flexibility index (Phi) is 5.60. The molecule has 0 saturated carbocycles. The largest absolute Gasteiger partial charge is 0.496 e. The van der Waals surface area contributed by atoms with Gasteiger partial charge in [-0.15, -0.1) is 11.3 Å². The van der Waals surface area contributed by atoms with E-state index in [1.54, 1.807) is 18.4 Å². The van der Waals surface area contributed by atoms with Crippen LogP contribution in [0.2, 0.25) is 0 Å². The van der Waals surface area contributed by atoms with Crippen molar-refractivity contribution >= 4 is 33.8 Å². The number of benzene rings is 2. The average Bonchev–Trinajstić information content (AvgIpc) is 3.36. The second-order valence-electron chi connectivity index (χ2n) is 7.85. The minimum atomic E-state index is 0.296. The van der Waals surface area contributed by atoms with E-state index in [-0.39, 0.29) is 0 Å². The SMILES string of the molecule is COc1ccccc1-c1nn(CN2CCCCC2c2nc3ccccc3s2)c(=S)n1C. The summed E-state index contributed by atoms with van der Waals surface area (Å²) in [5.41, 5.74) is 2.03. The van der Waals surface area contributed by atoms with E-state index in [2.05, 4.69) is 29.2 Å². The zero-order chi connectivity index (χ0) is 21.4. The summed E-state index contributed by atoms with van der Waals surface area (Å²) in [4.78, 5) is 7.41. The summed E-state index contributed by atoms with van der Waals surface area (Å²) in [6, 6.07) is 16.6. The van der Waals surface area contributed by atoms with Gasteiger partial charge in [0.15, 0.2) is 10.6 Å². The summed E-state index contributed by atoms with van der Waals surface area (Å²) in [7, 11) is 3.65. The van der Waals surface area contributed by atoms with E-state index in [0.717, 1.165) is 35.6 Å². The summed E-state index contributed by atoms with van der Waals surface area (Å²) in [6.07, 6.45) is 3.51. The van der Waals surface area contributed by atoms with Gasteiger partial charge in [-0.2, -0.15) is 5.10 Å². The van der Waals surface area contributed by atoms with Crippen LogP contribution in [0.4, 0.5) is 0 Å². The lowest BCUT2D eigenvalue weighted by Crippen LogP contribution is -2.35. The van der Waals surface area contributed by atoms with Gasteiger partial charge in [0.2, 0.25) is 0 Å². The zero-order valence-corrected chi connectivity index (χ0v) is 19.3. The molecule has 6 nitrogen and oxygen atoms in total. The topological polar surface area (TPSA) is 48.1 Å². The van der Waals surface area contributed by atoms with Crippen molar-refractivity contribution < 1.29 is 4.74 Å². The summed E-state index contributed by atoms with van der Waals surface area (Å²) >= 11 is 7.55. The van der Waals surface area contributed by atoms with Gasteiger partial charge < -0.3 is 9.30 Å². The minimum absolute atomic E-state index is 0.296. The molecule has 0 spiro atoms. The average molecular weight is 452 g/mol. The number of para-hydroxylation sites is 2. The van der Waals surface area contributed by atoms with Crippen LogP contribution in [0.1, 0.15) is 30.3 Å². The maximum atomic E-state index is 5.75. The minimum Gasteiger partial charge on any atom is -0.496 e. The lowest BCUT2D eigenvalue weighted by Gasteiger charge is -2.34. The molecular formula is C23H25N5OS2. The number of fused-ring (bicyclic) bond motifs is 1. The van der Waals surface area contributed by atoms with Gasteiger partial charge >= 0.3 is 0 Å². The fourth-order valence-electron chi connectivity index (χ4n) is 4.29. The van der Waals surface area contributed by atoms with Crippen LogP contribution in [-0.4, -0.2) is 37.9 Å². The van der Waals surface area contributed by atoms with E-state index in [1.807, 2.05) is 40.6 Å². The van der Waals surface area contributed by atoms with Crippen molar-refractivity contribution in [1.29, 1.82) is 0 Å². The van der Waals surface area contributed by atoms with Crippen LogP contribution in [0.15, 0.2) is 48.5 Å². The predicted octanol–water partition coefficient (Wildman–Crippen LogP) is 5.42. The highest BCUT2D eigenvalue weighted by Gasteiger charge is 2.28. The van der Waals surface area contributed by atoms with Crippen LogP contribution < -0.4 is 4.74 Å². The molecular weight excluding hydrogens is 426 g/mol. The molecule has 1 aliphatic rings. The summed E-state index contributed by atoms with van der Waals surface area (Å²) in [6.45, 7) is 1.67. The molecule has 8 heteroatoms. The van der Waals surface area contributed by atoms with Crippen LogP contribution in [0.25, 0.3) is 21.6 Å². The monoisotopic (exact) mass is 451 g/mol. The molecule has 5 rings (SSSR count). The maximum Gasteiger partial charge on any atom is 0.199 e. The number of aromatic nitrogens is 4. The molecule has 1 fully saturated rings. The summed E-state index contributed by atoms with van der Waals surface area (Å²) in [5, 5.41) is 6.08. The fourth-order valence-corrected chi connectivity index (χ4v) is 5.61. The molecule has 0 aliphatic carbocycles. The first-order chi connectivity index (χ1) is 15.2. The number of hydrogen-bond acceptors (Lipinski definition) is 6. The highest BCUT2D eigenvalue weighted by Crippen LogP contribution is 2.36. The first-order valence-corrected chi connectivity index (χ1v) is 11.7. The van der Waals surface area contributed by atoms with E-state index in [0.29, 0.717) is 17.5 Å². The van der Waals surface area contributed by atoms with Crippen LogP contribution in [0.3, 0.4) is 0 Å². The van der Waals surface area contributed by atoms with Crippen molar-refractivity contribution in [2.45, 2.75) is 32.0 Å². The van der Waals surface area contributed by atoms with Gasteiger partial charge in [-0.3, -0.25) is 4.90 Å². The number of likely N-dealkylation sites (tertiary alicyclic amines) is 1. The summed E-state index contributed by atoms with van der Waals surface area (Å²) in [5.74, 6) is 1.61. The molecule has 3 heterocycles. The Morgan fingerprint density at radius 1 is 1.13 bits per heavy atom. The first kappa shape index (κ1) is 20.4. The second kappa shape index (κ2) is 8.53. The molecule has 1 aliphatic heterocycles. The molecule has 0 amide bonds. The molecule has 0 N–H and O–H groups in total. The molecule has 2 aromatic heterocycles. The highest BCUT2D eigenvalue weighted by molar-refractivity contribution is 7.71. The molecule has 1 saturated heterocycles. The number of ether oxygens (including phenoxy) is 1. The van der Waals surface area contributed by atoms with E-state index in [4.69, 9.17) is 27.0 Å². The maximum absolute atomic E-state index is 5.75. The quantitative estimate of drug-likeness (QED) is 0.379. The Bertz CT molecular complexity index is 1240. The van der Waals surface area contributed by atoms with Gasteiger partial charge in [-0.25, -0.2) is 9.67 Å². The Labute approximate surface area is 190 Å². The predicted molar refractivity (Wildman–Crippen MR) is 127 cm³/mol. The molecule has 2 aromatic carbocycles. The number of thiazole rings is 1. The van der Waals surface area contributed by atoms with E-state index in [1.165, 1.54) is 22.5 Å². The van der Waals surface area contributed by atoms with Crippen molar-refractivity contribution in [3.63, 3.8) is 0 Å². The van der Waals surface area contributed by atoms with Crippen molar-refractivity contribution in [2.75, 3.05) is 13.7 Å². The van der Waals surface area contributed by atoms with Gasteiger partial charge in [0.1, 0.15) is 10.8 Å². The normalized spacial score (nSPS) is 17.3. The van der Waals surface area contributed by atoms with E-state index in [9.17, 15) is 0 Å². The number of rotatable bonds is 5. The standard InChI is InChI=1S/C23H25N5OS2/c1-26-21(16-9-3-5-12-19(16)29-2)25-28(23(26)30)15-27-14-8-7-11-18(27)22-24-17-10-4-6-13-20(17)31-22/h3-6,9-10,12-13,18H,7-8,11,14-15H2,1-2H3. The lowest BCUT2D eigenvalue weighted by molar-refractivity contribution is 0.103. The highest BCUT2D eigenvalue weighted by atomic mass is 32.1. The Balaban J connectivity index is 1.47. The fraction of sp³-hybridized carbons (Fsp3) is 0.348. The Morgan fingerprint density at radius 2 is 1.94 bits per heavy atom. The Morgan fingerprint density at radius 3 is 2.77 bits per heavy atom. The van der Waals surface area contributed by atoms with E-state index >= 15 is 0 Å². The summed E-state index contributed by atoms with van der Waals surface area (Å²) < 4.78 is 11.4. The molecule has 1 unspecified atom stereocenters. The molecule has 0 bridgehead atoms. The first-order valence-electron chi connectivity index (χ1n) is 10.5. The second-order valence-corrected chi connectivity index (χ2v) is 9.28. The van der Waals surface area contributed by atoms with Crippen LogP contribution in [0, 0.1) is 4.77 Å². The third-order valence-corrected chi connectivity index (χ3v) is 7.54. The van der Waals surface area contributed by atoms with Crippen LogP contribution in [0.5, 0.6) is 5.75 Å². The third-order valence-electron chi connectivity index (χ3n) is 5.91. The van der Waals surface area contributed by atoms with Gasteiger partial charge in [-0.1, -0.05) is 30.7 Å². The van der Waals surface area contributed by atoms with Crippen molar-refractivity contribution in [3.05, 3.63) is 58.3 Å². The molecule has 160 valence electrons. The number of methoxy groups -OCH3 is 1. The molecule has 1 atom stereocenters. The smallest absolute Gasteiger partial charge is 0.199 e. The van der Waals surface area contributed by atoms with Gasteiger partial charge in [0, 0.05) is 13.6 Å². The molecule has 31 heavy (non-hydrogen) atoms. The van der Waals surface area contributed by atoms with Crippen LogP contribution >= 0.6 is 23.6 Å². The van der Waals surface area contributed by atoms with Crippen molar-refractivity contribution in [1.82, 2.24) is 24.2 Å². The van der Waals surface area contributed by atoms with E-state index < -0.39 is 0 Å². The number of nitrogens with zero attached hydrogens (tertiary/aromatic N) is 5. The number of piperidine rings is 1. The van der Waals surface area contributed by atoms with Gasteiger partial charge in [0.25, 0.3) is 0 Å². The van der Waals surface area contributed by atoms with Crippen molar-refractivity contribution in [2.24, 2.45) is 7.05 Å². The Hall–Kier alpha value is -2.55. The molecule has 0 radical (unpaired) electrons. The molecule has 4 aromatic rings.